The normalized spacial score (nSPS) is 17.4. The van der Waals surface area contributed by atoms with Gasteiger partial charge in [0.2, 0.25) is 0 Å². The van der Waals surface area contributed by atoms with Crippen LogP contribution in [-0.4, -0.2) is 39.4 Å². The third kappa shape index (κ3) is 3.61. The predicted octanol–water partition coefficient (Wildman–Crippen LogP) is 3.01. The maximum Gasteiger partial charge on any atom is 0.166 e. The zero-order chi connectivity index (χ0) is 19.2. The van der Waals surface area contributed by atoms with Crippen LogP contribution < -0.4 is 5.73 Å². The van der Waals surface area contributed by atoms with E-state index in [1.807, 2.05) is 0 Å². The van der Waals surface area contributed by atoms with Crippen LogP contribution in [0.2, 0.25) is 10.0 Å². The highest BCUT2D eigenvalue weighted by molar-refractivity contribution is 7.91. The molecule has 0 aromatic heterocycles. The molecule has 10 heteroatoms. The summed E-state index contributed by atoms with van der Waals surface area (Å²) in [6, 6.07) is 5.33. The van der Waals surface area contributed by atoms with Crippen LogP contribution in [0, 0.1) is 0 Å². The number of hydrogen-bond donors (Lipinski definition) is 1. The molecule has 3 heterocycles. The van der Waals surface area contributed by atoms with E-state index < -0.39 is 9.84 Å². The first-order valence-corrected chi connectivity index (χ1v) is 11.0. The zero-order valence-electron chi connectivity index (χ0n) is 14.3. The van der Waals surface area contributed by atoms with Crippen LogP contribution in [-0.2, 0) is 16.4 Å². The number of nitrogen functional groups attached to an aromatic ring is 1. The van der Waals surface area contributed by atoms with Crippen LogP contribution in [0.4, 0.5) is 5.82 Å². The summed E-state index contributed by atoms with van der Waals surface area (Å²) in [5.41, 5.74) is 7.25. The molecule has 1 aromatic carbocycles. The van der Waals surface area contributed by atoms with Crippen LogP contribution in [0.3, 0.4) is 0 Å². The second-order valence-electron chi connectivity index (χ2n) is 6.64. The Morgan fingerprint density at radius 3 is 2.48 bits per heavy atom. The van der Waals surface area contributed by atoms with E-state index in [0.717, 1.165) is 5.56 Å². The van der Waals surface area contributed by atoms with E-state index in [4.69, 9.17) is 28.9 Å². The molecule has 7 nitrogen and oxygen atoms in total. The van der Waals surface area contributed by atoms with Gasteiger partial charge in [-0.15, -0.1) is 0 Å². The third-order valence-corrected chi connectivity index (χ3v) is 7.24. The minimum Gasteiger partial charge on any atom is -0.382 e. The average molecular weight is 426 g/mol. The van der Waals surface area contributed by atoms with Crippen LogP contribution in [0.25, 0.3) is 11.5 Å². The van der Waals surface area contributed by atoms with Gasteiger partial charge in [0, 0.05) is 21.5 Å². The van der Waals surface area contributed by atoms with Crippen LogP contribution in [0.1, 0.15) is 30.1 Å². The Hall–Kier alpha value is -1.90. The second kappa shape index (κ2) is 6.92. The van der Waals surface area contributed by atoms with Gasteiger partial charge in [0.05, 0.1) is 24.4 Å². The largest absolute Gasteiger partial charge is 0.382 e. The van der Waals surface area contributed by atoms with Crippen molar-refractivity contribution >= 4 is 38.9 Å². The summed E-state index contributed by atoms with van der Waals surface area (Å²) in [5, 5.41) is 1.11. The van der Waals surface area contributed by atoms with E-state index in [2.05, 4.69) is 15.0 Å². The fourth-order valence-electron chi connectivity index (χ4n) is 3.27. The van der Waals surface area contributed by atoms with Crippen molar-refractivity contribution < 1.29 is 8.42 Å². The van der Waals surface area contributed by atoms with Crippen LogP contribution >= 0.6 is 23.2 Å². The van der Waals surface area contributed by atoms with Gasteiger partial charge in [-0.25, -0.2) is 23.4 Å². The number of nitrogens with zero attached hydrogens (tertiary/aromatic N) is 4. The second-order valence-corrected chi connectivity index (χ2v) is 9.76. The lowest BCUT2D eigenvalue weighted by Crippen LogP contribution is -2.22. The van der Waals surface area contributed by atoms with Gasteiger partial charge in [-0.1, -0.05) is 29.3 Å². The van der Waals surface area contributed by atoms with Crippen molar-refractivity contribution in [2.24, 2.45) is 0 Å². The lowest BCUT2D eigenvalue weighted by Gasteiger charge is -2.19. The first kappa shape index (κ1) is 18.5. The summed E-state index contributed by atoms with van der Waals surface area (Å²) in [5.74, 6) is 1.80. The van der Waals surface area contributed by atoms with Gasteiger partial charge in [0.15, 0.2) is 17.3 Å². The van der Waals surface area contributed by atoms with Gasteiger partial charge in [-0.2, -0.15) is 0 Å². The molecule has 0 bridgehead atoms. The smallest absolute Gasteiger partial charge is 0.166 e. The van der Waals surface area contributed by atoms with Crippen molar-refractivity contribution in [3.05, 3.63) is 46.0 Å². The molecule has 0 radical (unpaired) electrons. The molecule has 3 aliphatic heterocycles. The van der Waals surface area contributed by atoms with Crippen molar-refractivity contribution in [2.75, 3.05) is 17.2 Å². The Morgan fingerprint density at radius 2 is 1.81 bits per heavy atom. The highest BCUT2D eigenvalue weighted by Crippen LogP contribution is 2.33. The summed E-state index contributed by atoms with van der Waals surface area (Å²) in [6.45, 7) is 0.374. The maximum atomic E-state index is 11.7. The molecular weight excluding hydrogens is 409 g/mol. The van der Waals surface area contributed by atoms with Crippen molar-refractivity contribution in [3.63, 3.8) is 0 Å². The van der Waals surface area contributed by atoms with E-state index >= 15 is 0 Å². The Bertz CT molecular complexity index is 1050. The molecule has 0 amide bonds. The Balaban J connectivity index is 1.71. The van der Waals surface area contributed by atoms with E-state index in [1.165, 1.54) is 0 Å². The first-order valence-electron chi connectivity index (χ1n) is 8.45. The number of halogens is 2. The molecule has 0 unspecified atom stereocenters. The summed E-state index contributed by atoms with van der Waals surface area (Å²) in [6.07, 6.45) is 2.62. The molecule has 1 fully saturated rings. The SMILES string of the molecule is Nc1ncn(Cc2c(Cl)cccc2Cl)c2nc(C3CCS(=O)(=O)CC3)nc1-2. The van der Waals surface area contributed by atoms with E-state index in [1.54, 1.807) is 29.1 Å². The van der Waals surface area contributed by atoms with Crippen molar-refractivity contribution in [2.45, 2.75) is 25.3 Å². The molecule has 4 rings (SSSR count). The third-order valence-electron chi connectivity index (χ3n) is 4.82. The van der Waals surface area contributed by atoms with E-state index in [0.29, 0.717) is 46.8 Å². The Labute approximate surface area is 166 Å². The van der Waals surface area contributed by atoms with Gasteiger partial charge >= 0.3 is 0 Å². The minimum atomic E-state index is -2.95. The van der Waals surface area contributed by atoms with E-state index in [-0.39, 0.29) is 23.2 Å². The highest BCUT2D eigenvalue weighted by Gasteiger charge is 2.29. The number of rotatable bonds is 3. The molecule has 0 atom stereocenters. The maximum absolute atomic E-state index is 11.7. The lowest BCUT2D eigenvalue weighted by atomic mass is 10.0. The van der Waals surface area contributed by atoms with E-state index in [9.17, 15) is 8.42 Å². The van der Waals surface area contributed by atoms with Gasteiger partial charge in [-0.3, -0.25) is 0 Å². The molecule has 0 saturated carbocycles. The lowest BCUT2D eigenvalue weighted by molar-refractivity contribution is 0.539. The average Bonchev–Trinajstić information content (AvgIpc) is 3.06. The number of nitrogens with two attached hydrogens (primary N) is 1. The molecule has 1 saturated heterocycles. The molecule has 0 spiro atoms. The van der Waals surface area contributed by atoms with Gasteiger partial charge in [0.1, 0.15) is 15.7 Å². The molecule has 0 aliphatic carbocycles. The number of aromatic nitrogens is 4. The highest BCUT2D eigenvalue weighted by atomic mass is 35.5. The van der Waals surface area contributed by atoms with Crippen molar-refractivity contribution in [1.29, 1.82) is 0 Å². The minimum absolute atomic E-state index is 0.00215. The summed E-state index contributed by atoms with van der Waals surface area (Å²) in [4.78, 5) is 13.4. The van der Waals surface area contributed by atoms with Crippen molar-refractivity contribution in [3.8, 4) is 11.5 Å². The number of hydrogen-bond acceptors (Lipinski definition) is 6. The number of fused-ring (bicyclic) bond motifs is 1. The Morgan fingerprint density at radius 1 is 1.15 bits per heavy atom. The molecule has 27 heavy (non-hydrogen) atoms. The van der Waals surface area contributed by atoms with Gasteiger partial charge in [-0.05, 0) is 25.0 Å². The van der Waals surface area contributed by atoms with Gasteiger partial charge in [0.25, 0.3) is 0 Å². The quantitative estimate of drug-likeness (QED) is 0.691. The van der Waals surface area contributed by atoms with Crippen LogP contribution in [0.5, 0.6) is 0 Å². The standard InChI is InChI=1S/C17H17Cl2N5O2S/c18-12-2-1-3-13(19)11(12)8-24-9-21-15(20)14-17(24)23-16(22-14)10-4-6-27(25,26)7-5-10/h1-3,9-10H,4-8,20H2. The summed E-state index contributed by atoms with van der Waals surface area (Å²) in [7, 11) is -2.95. The monoisotopic (exact) mass is 425 g/mol. The zero-order valence-corrected chi connectivity index (χ0v) is 16.6. The first-order chi connectivity index (χ1) is 12.8. The summed E-state index contributed by atoms with van der Waals surface area (Å²) < 4.78 is 25.2. The van der Waals surface area contributed by atoms with Crippen molar-refractivity contribution in [1.82, 2.24) is 19.5 Å². The molecule has 1 aromatic rings. The molecule has 3 aliphatic rings. The molecule has 2 N–H and O–H groups in total. The van der Waals surface area contributed by atoms with Crippen LogP contribution in [0.15, 0.2) is 24.5 Å². The fourth-order valence-corrected chi connectivity index (χ4v) is 5.28. The van der Waals surface area contributed by atoms with Gasteiger partial charge < -0.3 is 10.3 Å². The predicted molar refractivity (Wildman–Crippen MR) is 105 cm³/mol. The molecule has 142 valence electrons. The molecular formula is C17H17Cl2N5O2S. The summed E-state index contributed by atoms with van der Waals surface area (Å²) >= 11 is 12.6. The number of benzene rings is 1. The number of anilines is 1. The number of imidazole rings is 1. The fraction of sp³-hybridized carbons (Fsp3) is 0.353. The topological polar surface area (TPSA) is 104 Å². The Kier molecular flexibility index (Phi) is 4.73. The number of sulfone groups is 1.